The smallest absolute Gasteiger partial charge is 0.350 e. The predicted octanol–water partition coefficient (Wildman–Crippen LogP) is 7.08. The average molecular weight is 475 g/mol. The summed E-state index contributed by atoms with van der Waals surface area (Å²) in [6.07, 6.45) is 0.650. The van der Waals surface area contributed by atoms with Gasteiger partial charge in [-0.05, 0) is 47.5 Å². The van der Waals surface area contributed by atoms with E-state index in [1.54, 1.807) is 36.4 Å². The highest BCUT2D eigenvalue weighted by atomic mass is 19.1. The Balaban J connectivity index is 1.80. The Morgan fingerprint density at radius 3 is 1.91 bits per heavy atom. The van der Waals surface area contributed by atoms with Gasteiger partial charge in [0.05, 0.1) is 6.26 Å². The van der Waals surface area contributed by atoms with E-state index in [1.807, 2.05) is 39.0 Å². The number of furan rings is 1. The number of esters is 1. The Hall–Kier alpha value is -3.77. The van der Waals surface area contributed by atoms with Crippen LogP contribution in [0.15, 0.2) is 89.5 Å². The van der Waals surface area contributed by atoms with Crippen LogP contribution in [-0.2, 0) is 19.9 Å². The average Bonchev–Trinajstić information content (AvgIpc) is 3.43. The van der Waals surface area contributed by atoms with Crippen molar-refractivity contribution in [1.29, 1.82) is 0 Å². The van der Waals surface area contributed by atoms with Gasteiger partial charge in [0.1, 0.15) is 17.4 Å². The molecule has 0 N–H and O–H groups in total. The summed E-state index contributed by atoms with van der Waals surface area (Å²) >= 11 is 0. The molecule has 35 heavy (non-hydrogen) atoms. The summed E-state index contributed by atoms with van der Waals surface area (Å²) in [5.41, 5.74) is 0.625. The second kappa shape index (κ2) is 8.47. The summed E-state index contributed by atoms with van der Waals surface area (Å²) in [6, 6.07) is 20.8. The minimum absolute atomic E-state index is 0.389. The van der Waals surface area contributed by atoms with Crippen molar-refractivity contribution in [2.24, 2.45) is 5.41 Å². The zero-order chi connectivity index (χ0) is 24.8. The summed E-state index contributed by atoms with van der Waals surface area (Å²) in [7, 11) is 0. The Morgan fingerprint density at radius 2 is 1.37 bits per heavy atom. The van der Waals surface area contributed by atoms with Crippen LogP contribution in [0.5, 0.6) is 0 Å². The number of ether oxygens (including phenoxy) is 2. The molecule has 0 amide bonds. The summed E-state index contributed by atoms with van der Waals surface area (Å²) < 4.78 is 45.8. The summed E-state index contributed by atoms with van der Waals surface area (Å²) in [6.45, 7) is 5.77. The van der Waals surface area contributed by atoms with Crippen molar-refractivity contribution in [3.63, 3.8) is 0 Å². The van der Waals surface area contributed by atoms with Gasteiger partial charge in [-0.25, -0.2) is 13.6 Å². The molecule has 0 spiro atoms. The van der Waals surface area contributed by atoms with Gasteiger partial charge in [-0.2, -0.15) is 0 Å². The van der Waals surface area contributed by atoms with E-state index in [0.29, 0.717) is 33.6 Å². The third-order valence-corrected chi connectivity index (χ3v) is 6.08. The van der Waals surface area contributed by atoms with Gasteiger partial charge in [0.15, 0.2) is 0 Å². The van der Waals surface area contributed by atoms with Crippen molar-refractivity contribution in [3.05, 3.63) is 108 Å². The molecule has 4 aromatic rings. The number of halogens is 2. The first-order valence-corrected chi connectivity index (χ1v) is 11.3. The molecular formula is C29H24F2O4. The number of cyclic esters (lactones) is 1. The first-order valence-electron chi connectivity index (χ1n) is 11.3. The topological polar surface area (TPSA) is 48.7 Å². The standard InChI is InChI=1S/C29H24F2O4/c1-28(2,3)27-34-26(32)29(35-27,20-7-5-4-6-8-20)23-17-33-25(19-11-15-22(31)16-12-19)24(23)18-9-13-21(30)14-10-18/h4-17,27H,1-3H3/t27-,29-/m1/s1. The van der Waals surface area contributed by atoms with Gasteiger partial charge < -0.3 is 13.9 Å². The van der Waals surface area contributed by atoms with E-state index in [2.05, 4.69) is 0 Å². The van der Waals surface area contributed by atoms with Gasteiger partial charge in [0.25, 0.3) is 0 Å². The lowest BCUT2D eigenvalue weighted by molar-refractivity contribution is -0.155. The Labute approximate surface area is 202 Å². The van der Waals surface area contributed by atoms with E-state index in [0.717, 1.165) is 0 Å². The molecule has 1 aromatic heterocycles. The maximum atomic E-state index is 13.8. The van der Waals surface area contributed by atoms with Crippen LogP contribution in [0.3, 0.4) is 0 Å². The molecule has 2 heterocycles. The fourth-order valence-electron chi connectivity index (χ4n) is 4.29. The van der Waals surface area contributed by atoms with Crippen LogP contribution in [0.1, 0.15) is 31.9 Å². The van der Waals surface area contributed by atoms with E-state index in [9.17, 15) is 13.6 Å². The van der Waals surface area contributed by atoms with Gasteiger partial charge >= 0.3 is 5.97 Å². The van der Waals surface area contributed by atoms with Crippen molar-refractivity contribution in [2.75, 3.05) is 0 Å². The fraction of sp³-hybridized carbons (Fsp3) is 0.207. The highest BCUT2D eigenvalue weighted by Crippen LogP contribution is 2.50. The molecule has 1 aliphatic heterocycles. The fourth-order valence-corrected chi connectivity index (χ4v) is 4.29. The molecule has 1 fully saturated rings. The Kier molecular flexibility index (Phi) is 5.56. The minimum Gasteiger partial charge on any atom is -0.463 e. The van der Waals surface area contributed by atoms with Gasteiger partial charge in [0, 0.05) is 22.1 Å². The van der Waals surface area contributed by atoms with E-state index in [4.69, 9.17) is 13.9 Å². The molecule has 6 heteroatoms. The minimum atomic E-state index is -1.62. The molecule has 1 saturated heterocycles. The van der Waals surface area contributed by atoms with Crippen molar-refractivity contribution >= 4 is 5.97 Å². The molecule has 0 bridgehead atoms. The summed E-state index contributed by atoms with van der Waals surface area (Å²) in [4.78, 5) is 13.7. The SMILES string of the molecule is CC(C)(C)[C@@H]1OC(=O)[C@@](c2ccccc2)(c2coc(-c3ccc(F)cc3)c2-c2ccc(F)cc2)O1. The Bertz CT molecular complexity index is 1350. The van der Waals surface area contributed by atoms with E-state index in [1.165, 1.54) is 30.5 Å². The van der Waals surface area contributed by atoms with Crippen LogP contribution in [0.2, 0.25) is 0 Å². The van der Waals surface area contributed by atoms with Crippen LogP contribution >= 0.6 is 0 Å². The van der Waals surface area contributed by atoms with Crippen molar-refractivity contribution < 1.29 is 27.5 Å². The lowest BCUT2D eigenvalue weighted by Gasteiger charge is -2.29. The molecular weight excluding hydrogens is 450 g/mol. The first-order chi connectivity index (χ1) is 16.7. The molecule has 3 aromatic carbocycles. The van der Waals surface area contributed by atoms with Gasteiger partial charge in [-0.3, -0.25) is 0 Å². The van der Waals surface area contributed by atoms with Crippen LogP contribution < -0.4 is 0 Å². The number of benzene rings is 3. The zero-order valence-electron chi connectivity index (χ0n) is 19.5. The monoisotopic (exact) mass is 474 g/mol. The van der Waals surface area contributed by atoms with Crippen molar-refractivity contribution in [3.8, 4) is 22.5 Å². The zero-order valence-corrected chi connectivity index (χ0v) is 19.5. The molecule has 0 unspecified atom stereocenters. The number of rotatable bonds is 4. The number of hydrogen-bond acceptors (Lipinski definition) is 4. The van der Waals surface area contributed by atoms with Crippen LogP contribution in [0.4, 0.5) is 8.78 Å². The summed E-state index contributed by atoms with van der Waals surface area (Å²) in [5.74, 6) is -0.958. The van der Waals surface area contributed by atoms with E-state index >= 15 is 0 Å². The molecule has 178 valence electrons. The second-order valence-electron chi connectivity index (χ2n) is 9.64. The second-order valence-corrected chi connectivity index (χ2v) is 9.64. The van der Waals surface area contributed by atoms with Gasteiger partial charge in [-0.15, -0.1) is 0 Å². The van der Waals surface area contributed by atoms with Crippen molar-refractivity contribution in [1.82, 2.24) is 0 Å². The molecule has 1 aliphatic rings. The third kappa shape index (κ3) is 3.94. The van der Waals surface area contributed by atoms with Crippen LogP contribution in [-0.4, -0.2) is 12.3 Å². The molecule has 2 atom stereocenters. The van der Waals surface area contributed by atoms with Gasteiger partial charge in [-0.1, -0.05) is 63.2 Å². The normalized spacial score (nSPS) is 20.1. The number of carbonyl (C=O) groups excluding carboxylic acids is 1. The van der Waals surface area contributed by atoms with E-state index < -0.39 is 29.1 Å². The maximum Gasteiger partial charge on any atom is 0.350 e. The molecule has 5 rings (SSSR count). The molecule has 4 nitrogen and oxygen atoms in total. The Morgan fingerprint density at radius 1 is 0.800 bits per heavy atom. The van der Waals surface area contributed by atoms with Crippen LogP contribution in [0.25, 0.3) is 22.5 Å². The largest absolute Gasteiger partial charge is 0.463 e. The molecule has 0 saturated carbocycles. The van der Waals surface area contributed by atoms with E-state index in [-0.39, 0.29) is 5.82 Å². The van der Waals surface area contributed by atoms with Gasteiger partial charge in [0.2, 0.25) is 11.9 Å². The highest BCUT2D eigenvalue weighted by molar-refractivity contribution is 5.93. The first kappa shape index (κ1) is 23.0. The lowest BCUT2D eigenvalue weighted by Crippen LogP contribution is -2.36. The van der Waals surface area contributed by atoms with Crippen LogP contribution in [0, 0.1) is 17.0 Å². The molecule has 0 radical (unpaired) electrons. The predicted molar refractivity (Wildman–Crippen MR) is 127 cm³/mol. The number of carbonyl (C=O) groups is 1. The lowest BCUT2D eigenvalue weighted by atomic mass is 9.82. The quantitative estimate of drug-likeness (QED) is 0.297. The third-order valence-electron chi connectivity index (χ3n) is 6.08. The summed E-state index contributed by atoms with van der Waals surface area (Å²) in [5, 5.41) is 0. The van der Waals surface area contributed by atoms with Crippen molar-refractivity contribution in [2.45, 2.75) is 32.7 Å². The number of hydrogen-bond donors (Lipinski definition) is 0. The molecule has 0 aliphatic carbocycles. The highest BCUT2D eigenvalue weighted by Gasteiger charge is 2.57. The maximum absolute atomic E-state index is 13.8.